The Morgan fingerprint density at radius 2 is 1.52 bits per heavy atom. The average Bonchev–Trinajstić information content (AvgIpc) is 2.25. The third-order valence-electron chi connectivity index (χ3n) is 1.80. The van der Waals surface area contributed by atoms with Gasteiger partial charge < -0.3 is 8.74 Å². The molecule has 0 unspecified atom stereocenters. The van der Waals surface area contributed by atoms with Gasteiger partial charge in [0.1, 0.15) is 15.9 Å². The maximum atomic E-state index is 12.0. The zero-order valence-electron chi connectivity index (χ0n) is 10.4. The normalized spacial score (nSPS) is 13.0. The van der Waals surface area contributed by atoms with E-state index in [0.717, 1.165) is 30.3 Å². The fourth-order valence-electron chi connectivity index (χ4n) is 0.970. The first-order valence-corrected chi connectivity index (χ1v) is 7.53. The third kappa shape index (κ3) is 6.80. The summed E-state index contributed by atoms with van der Waals surface area (Å²) in [4.78, 5) is 0. The van der Waals surface area contributed by atoms with E-state index in [0.29, 0.717) is 5.41 Å². The second-order valence-electron chi connectivity index (χ2n) is 3.35. The molecule has 0 saturated heterocycles. The molecule has 0 bridgehead atoms. The Morgan fingerprint density at radius 3 is 1.90 bits per heavy atom. The van der Waals surface area contributed by atoms with Gasteiger partial charge in [-0.3, -0.25) is 0 Å². The van der Waals surface area contributed by atoms with E-state index >= 15 is 0 Å². The molecule has 0 aliphatic heterocycles. The van der Waals surface area contributed by atoms with Crippen molar-refractivity contribution in [2.45, 2.75) is 5.51 Å². The summed E-state index contributed by atoms with van der Waals surface area (Å²) in [5, 5.41) is 0.343. The van der Waals surface area contributed by atoms with Crippen LogP contribution in [0.15, 0.2) is 29.7 Å². The van der Waals surface area contributed by atoms with Gasteiger partial charge in [0.2, 0.25) is 0 Å². The molecule has 21 heavy (non-hydrogen) atoms. The number of rotatable bonds is 4. The van der Waals surface area contributed by atoms with Crippen molar-refractivity contribution in [3.63, 3.8) is 0 Å². The summed E-state index contributed by atoms with van der Waals surface area (Å²) in [6.45, 7) is 0. The van der Waals surface area contributed by atoms with Gasteiger partial charge in [0.25, 0.3) is 0 Å². The van der Waals surface area contributed by atoms with Gasteiger partial charge in [-0.05, 0) is 23.8 Å². The molecule has 0 N–H and O–H groups in total. The SMILES string of the molecule is O=S(=O)([O-])/C=C/c1ccc(OS(=O)(=O)C(F)(F)F)cc1.[Na+]. The Bertz CT molecular complexity index is 707. The van der Waals surface area contributed by atoms with E-state index in [1.165, 1.54) is 0 Å². The summed E-state index contributed by atoms with van der Waals surface area (Å²) < 4.78 is 92.1. The molecule has 0 fully saturated rings. The van der Waals surface area contributed by atoms with Crippen LogP contribution in [-0.4, -0.2) is 26.9 Å². The first kappa shape index (κ1) is 20.4. The molecule has 112 valence electrons. The fraction of sp³-hybridized carbons (Fsp3) is 0.111. The van der Waals surface area contributed by atoms with Gasteiger partial charge in [0.05, 0.1) is 0 Å². The molecule has 0 aromatic heterocycles. The summed E-state index contributed by atoms with van der Waals surface area (Å²) in [7, 11) is -10.4. The Hall–Kier alpha value is -0.590. The molecular weight excluding hydrogens is 348 g/mol. The van der Waals surface area contributed by atoms with Crippen LogP contribution in [0.3, 0.4) is 0 Å². The Labute approximate surface area is 140 Å². The minimum atomic E-state index is -5.76. The van der Waals surface area contributed by atoms with Crippen molar-refractivity contribution in [2.24, 2.45) is 0 Å². The van der Waals surface area contributed by atoms with E-state index in [-0.39, 0.29) is 35.1 Å². The zero-order valence-corrected chi connectivity index (χ0v) is 14.0. The van der Waals surface area contributed by atoms with E-state index < -0.39 is 31.5 Å². The van der Waals surface area contributed by atoms with Crippen molar-refractivity contribution in [3.8, 4) is 5.75 Å². The zero-order chi connectivity index (χ0) is 15.6. The Kier molecular flexibility index (Phi) is 6.91. The van der Waals surface area contributed by atoms with Gasteiger partial charge >= 0.3 is 45.2 Å². The molecule has 0 aliphatic carbocycles. The van der Waals surface area contributed by atoms with Crippen LogP contribution in [-0.2, 0) is 20.2 Å². The van der Waals surface area contributed by atoms with Crippen molar-refractivity contribution in [2.75, 3.05) is 0 Å². The van der Waals surface area contributed by atoms with Crippen LogP contribution >= 0.6 is 0 Å². The predicted molar refractivity (Wildman–Crippen MR) is 60.8 cm³/mol. The molecule has 12 heteroatoms. The van der Waals surface area contributed by atoms with Gasteiger partial charge in [0.15, 0.2) is 0 Å². The summed E-state index contributed by atoms with van der Waals surface area (Å²) >= 11 is 0. The number of halogens is 3. The van der Waals surface area contributed by atoms with Gasteiger partial charge in [-0.1, -0.05) is 12.1 Å². The molecule has 0 spiro atoms. The van der Waals surface area contributed by atoms with E-state index in [1.54, 1.807) is 0 Å². The minimum absolute atomic E-state index is 0. The molecule has 0 atom stereocenters. The molecule has 0 amide bonds. The summed E-state index contributed by atoms with van der Waals surface area (Å²) in [6.07, 6.45) is 0.893. The number of alkyl halides is 3. The van der Waals surface area contributed by atoms with Crippen LogP contribution in [0, 0.1) is 0 Å². The molecule has 6 nitrogen and oxygen atoms in total. The Morgan fingerprint density at radius 1 is 1.05 bits per heavy atom. The van der Waals surface area contributed by atoms with Crippen LogP contribution in [0.5, 0.6) is 5.75 Å². The molecule has 0 radical (unpaired) electrons. The second-order valence-corrected chi connectivity index (χ2v) is 6.14. The molecule has 0 saturated carbocycles. The van der Waals surface area contributed by atoms with Crippen molar-refractivity contribution >= 4 is 26.3 Å². The number of hydrogen-bond acceptors (Lipinski definition) is 6. The molecule has 1 aromatic rings. The standard InChI is InChI=1S/C9H7F3O6S2.Na/c10-9(11,12)20(16,17)18-8-3-1-7(2-4-8)5-6-19(13,14)15;/h1-6H,(H,13,14,15);/q;+1/p-1/b6-5+;. The minimum Gasteiger partial charge on any atom is -0.744 e. The molecule has 0 aliphatic rings. The first-order valence-electron chi connectivity index (χ1n) is 4.65. The van der Waals surface area contributed by atoms with Crippen LogP contribution in [0.2, 0.25) is 0 Å². The van der Waals surface area contributed by atoms with Gasteiger partial charge in [-0.15, -0.1) is 0 Å². The van der Waals surface area contributed by atoms with Crippen molar-refractivity contribution in [1.29, 1.82) is 0 Å². The molecule has 1 aromatic carbocycles. The Balaban J connectivity index is 0.00000400. The van der Waals surface area contributed by atoms with E-state index in [4.69, 9.17) is 0 Å². The summed E-state index contributed by atoms with van der Waals surface area (Å²) in [5.41, 5.74) is -5.40. The van der Waals surface area contributed by atoms with E-state index in [2.05, 4.69) is 4.18 Å². The summed E-state index contributed by atoms with van der Waals surface area (Å²) in [5.74, 6) is -0.607. The van der Waals surface area contributed by atoms with Gasteiger partial charge in [0, 0.05) is 5.41 Å². The fourth-order valence-corrected chi connectivity index (χ4v) is 1.75. The maximum Gasteiger partial charge on any atom is 1.00 e. The number of hydrogen-bond donors (Lipinski definition) is 0. The smallest absolute Gasteiger partial charge is 0.744 e. The van der Waals surface area contributed by atoms with Crippen LogP contribution in [0.1, 0.15) is 5.56 Å². The monoisotopic (exact) mass is 354 g/mol. The molecular formula is C9H6F3NaO6S2. The van der Waals surface area contributed by atoms with E-state index in [9.17, 15) is 34.6 Å². The van der Waals surface area contributed by atoms with Crippen molar-refractivity contribution in [3.05, 3.63) is 35.2 Å². The molecule has 1 rings (SSSR count). The van der Waals surface area contributed by atoms with Gasteiger partial charge in [-0.25, -0.2) is 8.42 Å². The van der Waals surface area contributed by atoms with Crippen LogP contribution in [0.25, 0.3) is 6.08 Å². The largest absolute Gasteiger partial charge is 1.00 e. The average molecular weight is 354 g/mol. The van der Waals surface area contributed by atoms with Crippen LogP contribution in [0.4, 0.5) is 13.2 Å². The molecule has 0 heterocycles. The predicted octanol–water partition coefficient (Wildman–Crippen LogP) is -1.57. The topological polar surface area (TPSA) is 101 Å². The first-order chi connectivity index (χ1) is 8.91. The van der Waals surface area contributed by atoms with E-state index in [1.807, 2.05) is 0 Å². The maximum absolute atomic E-state index is 12.0. The number of benzene rings is 1. The van der Waals surface area contributed by atoms with Crippen molar-refractivity contribution in [1.82, 2.24) is 0 Å². The van der Waals surface area contributed by atoms with Crippen LogP contribution < -0.4 is 33.7 Å². The quantitative estimate of drug-likeness (QED) is 0.280. The third-order valence-corrected chi connectivity index (χ3v) is 3.24. The summed E-state index contributed by atoms with van der Waals surface area (Å²) in [6, 6.07) is 3.90. The second kappa shape index (κ2) is 7.11. The van der Waals surface area contributed by atoms with Crippen molar-refractivity contribution < 1.29 is 68.3 Å². The van der Waals surface area contributed by atoms with Gasteiger partial charge in [-0.2, -0.15) is 21.6 Å².